The lowest BCUT2D eigenvalue weighted by Crippen LogP contribution is -2.10. The molecule has 0 saturated carbocycles. The van der Waals surface area contributed by atoms with E-state index in [1.54, 1.807) is 12.1 Å². The van der Waals surface area contributed by atoms with Crippen molar-refractivity contribution in [1.82, 2.24) is 0 Å². The Balaban J connectivity index is 3.01. The Labute approximate surface area is 115 Å². The normalized spacial score (nSPS) is 14.2. The van der Waals surface area contributed by atoms with Gasteiger partial charge in [-0.15, -0.1) is 0 Å². The molecule has 0 aliphatic heterocycles. The van der Waals surface area contributed by atoms with Crippen molar-refractivity contribution in [2.45, 2.75) is 44.9 Å². The molecule has 1 aromatic carbocycles. The third kappa shape index (κ3) is 4.29. The molecule has 1 atom stereocenters. The van der Waals surface area contributed by atoms with E-state index >= 15 is 0 Å². The molecule has 0 fully saturated rings. The summed E-state index contributed by atoms with van der Waals surface area (Å²) >= 11 is 0. The van der Waals surface area contributed by atoms with Crippen LogP contribution in [0.4, 0.5) is 0 Å². The van der Waals surface area contributed by atoms with Crippen LogP contribution in [0.2, 0.25) is 0 Å². The van der Waals surface area contributed by atoms with E-state index in [1.165, 1.54) is 5.56 Å². The number of hydrogen-bond acceptors (Lipinski definition) is 2. The summed E-state index contributed by atoms with van der Waals surface area (Å²) in [4.78, 5) is 0.167. The van der Waals surface area contributed by atoms with Crippen LogP contribution in [0.5, 0.6) is 0 Å². The van der Waals surface area contributed by atoms with Crippen LogP contribution in [0.3, 0.4) is 0 Å². The Hall–Kier alpha value is -0.540. The van der Waals surface area contributed by atoms with Gasteiger partial charge in [-0.1, -0.05) is 39.8 Å². The van der Waals surface area contributed by atoms with Crippen LogP contribution in [0.15, 0.2) is 29.2 Å². The Bertz CT molecular complexity index is 475. The topological polar surface area (TPSA) is 34.1 Å². The van der Waals surface area contributed by atoms with E-state index in [4.69, 9.17) is 10.7 Å². The molecule has 0 N–H and O–H groups in total. The molecule has 1 aromatic rings. The third-order valence-electron chi connectivity index (χ3n) is 3.12. The first kappa shape index (κ1) is 15.5. The highest BCUT2D eigenvalue weighted by Crippen LogP contribution is 2.31. The van der Waals surface area contributed by atoms with Crippen molar-refractivity contribution in [3.05, 3.63) is 29.8 Å². The van der Waals surface area contributed by atoms with Crippen LogP contribution in [-0.4, -0.2) is 8.42 Å². The molecule has 4 heteroatoms. The van der Waals surface area contributed by atoms with Gasteiger partial charge < -0.3 is 0 Å². The maximum Gasteiger partial charge on any atom is 0.261 e. The predicted molar refractivity (Wildman–Crippen MR) is 76.5 cm³/mol. The lowest BCUT2D eigenvalue weighted by Gasteiger charge is -2.23. The van der Waals surface area contributed by atoms with Gasteiger partial charge in [-0.05, 0) is 41.9 Å². The lowest BCUT2D eigenvalue weighted by atomic mass is 9.82. The quantitative estimate of drug-likeness (QED) is 0.753. The monoisotopic (exact) mass is 288 g/mol. The summed E-state index contributed by atoms with van der Waals surface area (Å²) in [5.41, 5.74) is 1.18. The molecule has 0 bridgehead atoms. The van der Waals surface area contributed by atoms with E-state index in [0.717, 1.165) is 6.42 Å². The summed E-state index contributed by atoms with van der Waals surface area (Å²) in [6.07, 6.45) is 1.10. The fourth-order valence-corrected chi connectivity index (χ4v) is 2.95. The molecule has 0 amide bonds. The standard InChI is InChI=1S/C14H21ClO2S/c1-10(2)9-14(11(3)4)12-5-7-13(8-6-12)18(15,16)17/h5-8,10-11,14H,9H2,1-4H3. The summed E-state index contributed by atoms with van der Waals surface area (Å²) in [7, 11) is 1.69. The van der Waals surface area contributed by atoms with Gasteiger partial charge in [0.25, 0.3) is 9.05 Å². The first-order chi connectivity index (χ1) is 8.21. The molecule has 102 valence electrons. The fourth-order valence-electron chi connectivity index (χ4n) is 2.18. The van der Waals surface area contributed by atoms with Gasteiger partial charge in [-0.3, -0.25) is 0 Å². The van der Waals surface area contributed by atoms with Crippen LogP contribution in [-0.2, 0) is 9.05 Å². The zero-order valence-corrected chi connectivity index (χ0v) is 12.9. The molecule has 1 rings (SSSR count). The van der Waals surface area contributed by atoms with Crippen molar-refractivity contribution in [2.24, 2.45) is 11.8 Å². The maximum absolute atomic E-state index is 11.2. The third-order valence-corrected chi connectivity index (χ3v) is 4.49. The van der Waals surface area contributed by atoms with Crippen LogP contribution in [0, 0.1) is 11.8 Å². The SMILES string of the molecule is CC(C)CC(c1ccc(S(=O)(=O)Cl)cc1)C(C)C. The molecule has 2 nitrogen and oxygen atoms in total. The molecule has 0 aliphatic carbocycles. The lowest BCUT2D eigenvalue weighted by molar-refractivity contribution is 0.408. The minimum Gasteiger partial charge on any atom is -0.207 e. The van der Waals surface area contributed by atoms with E-state index in [2.05, 4.69) is 27.7 Å². The minimum absolute atomic E-state index is 0.167. The number of rotatable bonds is 5. The molecule has 1 unspecified atom stereocenters. The minimum atomic E-state index is -3.62. The van der Waals surface area contributed by atoms with Gasteiger partial charge in [0.1, 0.15) is 0 Å². The second-order valence-electron chi connectivity index (χ2n) is 5.49. The fraction of sp³-hybridized carbons (Fsp3) is 0.571. The van der Waals surface area contributed by atoms with Crippen molar-refractivity contribution >= 4 is 19.7 Å². The van der Waals surface area contributed by atoms with Gasteiger partial charge in [0, 0.05) is 10.7 Å². The molecule has 0 aliphatic rings. The van der Waals surface area contributed by atoms with Crippen LogP contribution < -0.4 is 0 Å². The molecule has 18 heavy (non-hydrogen) atoms. The Morgan fingerprint density at radius 3 is 1.89 bits per heavy atom. The summed E-state index contributed by atoms with van der Waals surface area (Å²) in [6, 6.07) is 6.94. The van der Waals surface area contributed by atoms with E-state index in [0.29, 0.717) is 17.8 Å². The second kappa shape index (κ2) is 6.07. The molecule has 0 spiro atoms. The van der Waals surface area contributed by atoms with Crippen LogP contribution in [0.25, 0.3) is 0 Å². The van der Waals surface area contributed by atoms with Crippen molar-refractivity contribution in [1.29, 1.82) is 0 Å². The van der Waals surface area contributed by atoms with Gasteiger partial charge in [0.2, 0.25) is 0 Å². The van der Waals surface area contributed by atoms with Gasteiger partial charge >= 0.3 is 0 Å². The zero-order valence-electron chi connectivity index (χ0n) is 11.4. The summed E-state index contributed by atoms with van der Waals surface area (Å²) in [5.74, 6) is 1.61. The largest absolute Gasteiger partial charge is 0.261 e. The highest BCUT2D eigenvalue weighted by atomic mass is 35.7. The number of benzene rings is 1. The molecule has 0 radical (unpaired) electrons. The highest BCUT2D eigenvalue weighted by molar-refractivity contribution is 8.13. The number of halogens is 1. The van der Waals surface area contributed by atoms with Gasteiger partial charge in [-0.25, -0.2) is 8.42 Å². The highest BCUT2D eigenvalue weighted by Gasteiger charge is 2.18. The predicted octanol–water partition coefficient (Wildman–Crippen LogP) is 4.40. The Kier molecular flexibility index (Phi) is 5.23. The van der Waals surface area contributed by atoms with Gasteiger partial charge in [-0.2, -0.15) is 0 Å². The van der Waals surface area contributed by atoms with Crippen molar-refractivity contribution in [3.8, 4) is 0 Å². The maximum atomic E-state index is 11.2. The summed E-state index contributed by atoms with van der Waals surface area (Å²) in [6.45, 7) is 8.79. The molecule has 0 heterocycles. The first-order valence-corrected chi connectivity index (χ1v) is 8.57. The van der Waals surface area contributed by atoms with Crippen LogP contribution >= 0.6 is 10.7 Å². The van der Waals surface area contributed by atoms with E-state index in [1.807, 2.05) is 12.1 Å². The average Bonchev–Trinajstić information content (AvgIpc) is 2.24. The van der Waals surface area contributed by atoms with E-state index in [9.17, 15) is 8.42 Å². The van der Waals surface area contributed by atoms with Gasteiger partial charge in [0.15, 0.2) is 0 Å². The Morgan fingerprint density at radius 2 is 1.56 bits per heavy atom. The van der Waals surface area contributed by atoms with Crippen molar-refractivity contribution < 1.29 is 8.42 Å². The van der Waals surface area contributed by atoms with E-state index in [-0.39, 0.29) is 4.90 Å². The molecular formula is C14H21ClO2S. The first-order valence-electron chi connectivity index (χ1n) is 6.26. The second-order valence-corrected chi connectivity index (χ2v) is 8.05. The molecular weight excluding hydrogens is 268 g/mol. The van der Waals surface area contributed by atoms with Gasteiger partial charge in [0.05, 0.1) is 4.90 Å². The zero-order chi connectivity index (χ0) is 13.9. The summed E-state index contributed by atoms with van der Waals surface area (Å²) in [5, 5.41) is 0. The van der Waals surface area contributed by atoms with Crippen molar-refractivity contribution in [2.75, 3.05) is 0 Å². The summed E-state index contributed by atoms with van der Waals surface area (Å²) < 4.78 is 22.4. The van der Waals surface area contributed by atoms with Crippen molar-refractivity contribution in [3.63, 3.8) is 0 Å². The molecule has 0 aromatic heterocycles. The van der Waals surface area contributed by atoms with E-state index < -0.39 is 9.05 Å². The smallest absolute Gasteiger partial charge is 0.207 e. The number of hydrogen-bond donors (Lipinski definition) is 0. The molecule has 0 saturated heterocycles. The van der Waals surface area contributed by atoms with Crippen LogP contribution in [0.1, 0.15) is 45.6 Å². The Morgan fingerprint density at radius 1 is 1.06 bits per heavy atom. The average molecular weight is 289 g/mol.